The largest absolute Gasteiger partial charge is 0.368 e. The summed E-state index contributed by atoms with van der Waals surface area (Å²) in [6.07, 6.45) is -1.21. The molecule has 0 bridgehead atoms. The molecule has 2 aliphatic rings. The minimum Gasteiger partial charge on any atom is -0.368 e. The number of carbonyl (C=O) groups is 1. The molecule has 0 spiro atoms. The van der Waals surface area contributed by atoms with Crippen molar-refractivity contribution in [1.82, 2.24) is 5.06 Å². The Morgan fingerprint density at radius 3 is 2.79 bits per heavy atom. The first-order chi connectivity index (χ1) is 6.91. The molecule has 5 nitrogen and oxygen atoms in total. The molecule has 14 heavy (non-hydrogen) atoms. The van der Waals surface area contributed by atoms with Crippen LogP contribution in [0.4, 0.5) is 0 Å². The lowest BCUT2D eigenvalue weighted by atomic mass is 10.1. The van der Waals surface area contributed by atoms with Gasteiger partial charge in [-0.3, -0.25) is 4.79 Å². The smallest absolute Gasteiger partial charge is 0.326 e. The van der Waals surface area contributed by atoms with Gasteiger partial charge in [0.05, 0.1) is 19.0 Å². The summed E-state index contributed by atoms with van der Waals surface area (Å²) in [5.41, 5.74) is 0. The predicted molar refractivity (Wildman–Crippen MR) is 47.2 cm³/mol. The molecule has 0 aromatic carbocycles. The van der Waals surface area contributed by atoms with E-state index in [0.29, 0.717) is 6.61 Å². The number of likely N-dealkylation sites (N-methyl/N-ethyl adjacent to an activating group) is 1. The van der Waals surface area contributed by atoms with Crippen molar-refractivity contribution < 1.29 is 20.5 Å². The molecule has 5 heteroatoms. The molecule has 2 aliphatic heterocycles. The molecule has 0 aliphatic carbocycles. The number of hydrogen-bond acceptors (Lipinski definition) is 5. The van der Waals surface area contributed by atoms with E-state index in [1.54, 1.807) is 7.05 Å². The number of hydrogen-bond donors (Lipinski definition) is 0. The maximum absolute atomic E-state index is 11.2. The molecular weight excluding hydrogens is 186 g/mol. The molecule has 0 aromatic heterocycles. The Morgan fingerprint density at radius 1 is 1.64 bits per heavy atom. The zero-order valence-electron chi connectivity index (χ0n) is 9.52. The second-order valence-electron chi connectivity index (χ2n) is 3.98. The van der Waals surface area contributed by atoms with Crippen LogP contribution in [0.1, 0.15) is 21.6 Å². The Morgan fingerprint density at radius 2 is 2.36 bits per heavy atom. The minimum atomic E-state index is -0.919. The SMILES string of the molecule is [2H][C@H]1C(=O)ON(C)[C@H]1[C@H]1COC(C)(C)O1. The first kappa shape index (κ1) is 8.64. The molecule has 3 atom stereocenters. The Hall–Kier alpha value is -0.650. The van der Waals surface area contributed by atoms with E-state index in [1.165, 1.54) is 5.06 Å². The molecule has 0 saturated carbocycles. The fraction of sp³-hybridized carbons (Fsp3) is 0.889. The number of hydroxylamine groups is 2. The maximum Gasteiger partial charge on any atom is 0.326 e. The number of ether oxygens (including phenoxy) is 2. The Kier molecular flexibility index (Phi) is 1.97. The monoisotopic (exact) mass is 202 g/mol. The van der Waals surface area contributed by atoms with Crippen molar-refractivity contribution in [3.63, 3.8) is 0 Å². The van der Waals surface area contributed by atoms with Gasteiger partial charge in [-0.15, -0.1) is 5.06 Å². The second-order valence-corrected chi connectivity index (χ2v) is 3.98. The third kappa shape index (κ3) is 1.75. The van der Waals surface area contributed by atoms with Crippen molar-refractivity contribution in [1.29, 1.82) is 0 Å². The second kappa shape index (κ2) is 3.18. The third-order valence-corrected chi connectivity index (χ3v) is 2.37. The Bertz CT molecular complexity index is 283. The van der Waals surface area contributed by atoms with E-state index in [9.17, 15) is 4.79 Å². The van der Waals surface area contributed by atoms with Crippen LogP contribution in [-0.2, 0) is 19.1 Å². The number of rotatable bonds is 1. The third-order valence-electron chi connectivity index (χ3n) is 2.37. The first-order valence-corrected chi connectivity index (χ1v) is 4.59. The fourth-order valence-corrected chi connectivity index (χ4v) is 1.70. The van der Waals surface area contributed by atoms with E-state index >= 15 is 0 Å². The highest BCUT2D eigenvalue weighted by Crippen LogP contribution is 2.29. The van der Waals surface area contributed by atoms with Crippen LogP contribution in [0.25, 0.3) is 0 Å². The van der Waals surface area contributed by atoms with Crippen LogP contribution in [0, 0.1) is 0 Å². The van der Waals surface area contributed by atoms with Gasteiger partial charge in [-0.25, -0.2) is 0 Å². The molecule has 0 aromatic rings. The van der Waals surface area contributed by atoms with Crippen molar-refractivity contribution in [3.8, 4) is 0 Å². The van der Waals surface area contributed by atoms with Crippen LogP contribution >= 0.6 is 0 Å². The van der Waals surface area contributed by atoms with Gasteiger partial charge in [0, 0.05) is 8.42 Å². The van der Waals surface area contributed by atoms with E-state index in [4.69, 9.17) is 15.7 Å². The molecular formula is C9H15NO4. The summed E-state index contributed by atoms with van der Waals surface area (Å²) in [6, 6.07) is -0.390. The molecule has 80 valence electrons. The quantitative estimate of drug-likeness (QED) is 0.612. The molecule has 2 heterocycles. The maximum atomic E-state index is 11.2. The topological polar surface area (TPSA) is 48.0 Å². The zero-order chi connectivity index (χ0) is 11.2. The van der Waals surface area contributed by atoms with Crippen LogP contribution in [0.2, 0.25) is 0 Å². The van der Waals surface area contributed by atoms with E-state index in [1.807, 2.05) is 13.8 Å². The summed E-state index contributed by atoms with van der Waals surface area (Å²) < 4.78 is 18.7. The summed E-state index contributed by atoms with van der Waals surface area (Å²) in [6.45, 7) is 4.00. The van der Waals surface area contributed by atoms with E-state index < -0.39 is 18.2 Å². The Balaban J connectivity index is 2.08. The highest BCUT2D eigenvalue weighted by atomic mass is 16.8. The summed E-state index contributed by atoms with van der Waals surface area (Å²) in [5, 5.41) is 1.38. The van der Waals surface area contributed by atoms with Gasteiger partial charge in [-0.2, -0.15) is 0 Å². The van der Waals surface area contributed by atoms with Gasteiger partial charge < -0.3 is 14.3 Å². The Labute approximate surface area is 84.3 Å². The standard InChI is InChI=1S/C9H15NO4/c1-9(2)12-5-7(13-9)6-4-8(11)14-10(6)3/h6-7H,4-5H2,1-3H3/t6-,7-/m1/s1/i4D/t4-,6-,7-. The lowest BCUT2D eigenvalue weighted by Crippen LogP contribution is -2.38. The average Bonchev–Trinajstić information content (AvgIpc) is 2.56. The molecule has 0 N–H and O–H groups in total. The molecule has 0 unspecified atom stereocenters. The number of carbonyl (C=O) groups excluding carboxylic acids is 1. The van der Waals surface area contributed by atoms with Crippen molar-refractivity contribution in [2.75, 3.05) is 13.7 Å². The van der Waals surface area contributed by atoms with Crippen molar-refractivity contribution in [2.45, 2.75) is 38.2 Å². The highest BCUT2D eigenvalue weighted by molar-refractivity contribution is 5.71. The lowest BCUT2D eigenvalue weighted by Gasteiger charge is -2.22. The van der Waals surface area contributed by atoms with E-state index in [2.05, 4.69) is 0 Å². The van der Waals surface area contributed by atoms with E-state index in [-0.39, 0.29) is 12.1 Å². The van der Waals surface area contributed by atoms with Gasteiger partial charge in [0.25, 0.3) is 0 Å². The van der Waals surface area contributed by atoms with Crippen LogP contribution in [0.15, 0.2) is 0 Å². The highest BCUT2D eigenvalue weighted by Gasteiger charge is 2.43. The average molecular weight is 202 g/mol. The summed E-state index contributed by atoms with van der Waals surface area (Å²) in [5.74, 6) is -1.17. The van der Waals surface area contributed by atoms with Crippen molar-refractivity contribution in [3.05, 3.63) is 0 Å². The molecule has 0 amide bonds. The van der Waals surface area contributed by atoms with Crippen LogP contribution in [0.3, 0.4) is 0 Å². The minimum absolute atomic E-state index is 0.293. The van der Waals surface area contributed by atoms with Gasteiger partial charge in [0.15, 0.2) is 5.79 Å². The van der Waals surface area contributed by atoms with Gasteiger partial charge in [-0.1, -0.05) is 0 Å². The molecule has 0 radical (unpaired) electrons. The summed E-state index contributed by atoms with van der Waals surface area (Å²) in [4.78, 5) is 16.0. The predicted octanol–water partition coefficient (Wildman–Crippen LogP) is 0.300. The molecule has 2 rings (SSSR count). The summed E-state index contributed by atoms with van der Waals surface area (Å²) >= 11 is 0. The normalized spacial score (nSPS) is 43.8. The number of nitrogens with zero attached hydrogens (tertiary/aromatic N) is 1. The molecule has 2 saturated heterocycles. The van der Waals surface area contributed by atoms with Crippen LogP contribution < -0.4 is 0 Å². The van der Waals surface area contributed by atoms with Gasteiger partial charge in [-0.05, 0) is 13.8 Å². The fourth-order valence-electron chi connectivity index (χ4n) is 1.70. The van der Waals surface area contributed by atoms with Gasteiger partial charge >= 0.3 is 5.97 Å². The molecule has 2 fully saturated rings. The van der Waals surface area contributed by atoms with Crippen LogP contribution in [-0.4, -0.2) is 42.6 Å². The van der Waals surface area contributed by atoms with Crippen molar-refractivity contribution in [2.24, 2.45) is 0 Å². The summed E-state index contributed by atoms with van der Waals surface area (Å²) in [7, 11) is 1.63. The van der Waals surface area contributed by atoms with Crippen molar-refractivity contribution >= 4 is 5.97 Å². The van der Waals surface area contributed by atoms with E-state index in [0.717, 1.165) is 0 Å². The van der Waals surface area contributed by atoms with Gasteiger partial charge in [0.2, 0.25) is 0 Å². The van der Waals surface area contributed by atoms with Gasteiger partial charge in [0.1, 0.15) is 6.10 Å². The van der Waals surface area contributed by atoms with Crippen LogP contribution in [0.5, 0.6) is 0 Å². The zero-order valence-corrected chi connectivity index (χ0v) is 8.52. The first-order valence-electron chi connectivity index (χ1n) is 5.17. The lowest BCUT2D eigenvalue weighted by molar-refractivity contribution is -0.180.